The Hall–Kier alpha value is 1.06. The van der Waals surface area contributed by atoms with E-state index in [0.29, 0.717) is 0 Å². The number of hydrogen-bond donors (Lipinski definition) is 0. The molecule has 0 heterocycles. The van der Waals surface area contributed by atoms with Crippen molar-refractivity contribution < 1.29 is 37.4 Å². The molecule has 0 aliphatic carbocycles. The minimum absolute atomic E-state index is 0. The van der Waals surface area contributed by atoms with Gasteiger partial charge in [-0.25, -0.2) is 0 Å². The maximum absolute atomic E-state index is 5.16. The largest absolute Gasteiger partial charge is 0.384 e. The average Bonchev–Trinajstić information content (AvgIpc) is 1.81. The van der Waals surface area contributed by atoms with Crippen LogP contribution in [-0.2, 0) is 37.4 Å². The zero-order valence-electron chi connectivity index (χ0n) is 6.23. The summed E-state index contributed by atoms with van der Waals surface area (Å²) in [6, 6.07) is 0. The Labute approximate surface area is 98.2 Å². The molecule has 2 heteroatoms. The second-order valence-corrected chi connectivity index (χ2v) is 1.82. The molecule has 0 rings (SSSR count). The van der Waals surface area contributed by atoms with E-state index in [4.69, 9.17) is 4.74 Å². The minimum Gasteiger partial charge on any atom is -0.384 e. The summed E-state index contributed by atoms with van der Waals surface area (Å²) in [6.45, 7) is 7.55. The molecule has 0 fully saturated rings. The fraction of sp³-hybridized carbons (Fsp3) is 0.889. The van der Waals surface area contributed by atoms with Gasteiger partial charge in [-0.15, -0.1) is 0 Å². The van der Waals surface area contributed by atoms with Crippen molar-refractivity contribution in [2.24, 2.45) is 0 Å². The van der Waals surface area contributed by atoms with E-state index in [2.05, 4.69) is 13.8 Å². The standard InChI is InChI=1S/C7H15O.2CH4.Y/c1-3-5-7-8-6-4-2;;;/h2-7H2,1H3;2*1H4;/q-1;;;. The van der Waals surface area contributed by atoms with Crippen molar-refractivity contribution in [3.63, 3.8) is 0 Å². The third-order valence-electron chi connectivity index (χ3n) is 0.931. The summed E-state index contributed by atoms with van der Waals surface area (Å²) in [5.74, 6) is 0. The molecule has 0 atom stereocenters. The molecule has 0 saturated carbocycles. The van der Waals surface area contributed by atoms with Crippen molar-refractivity contribution in [2.75, 3.05) is 13.2 Å². The van der Waals surface area contributed by atoms with Crippen molar-refractivity contribution in [1.29, 1.82) is 0 Å². The van der Waals surface area contributed by atoms with Crippen LogP contribution >= 0.6 is 0 Å². The summed E-state index contributed by atoms with van der Waals surface area (Å²) >= 11 is 0. The smallest absolute Gasteiger partial charge is 0.0464 e. The van der Waals surface area contributed by atoms with Gasteiger partial charge in [0.05, 0.1) is 0 Å². The van der Waals surface area contributed by atoms with E-state index in [9.17, 15) is 0 Å². The van der Waals surface area contributed by atoms with E-state index < -0.39 is 0 Å². The predicted octanol–water partition coefficient (Wildman–Crippen LogP) is 3.30. The van der Waals surface area contributed by atoms with Crippen LogP contribution in [0.5, 0.6) is 0 Å². The van der Waals surface area contributed by atoms with Gasteiger partial charge < -0.3 is 11.7 Å². The Balaban J connectivity index is -0.0000000817. The molecule has 1 nitrogen and oxygen atoms in total. The molecular weight excluding hydrogens is 213 g/mol. The van der Waals surface area contributed by atoms with Crippen molar-refractivity contribution >= 4 is 0 Å². The Bertz CT molecular complexity index is 34.5. The molecule has 0 aliphatic rings. The fourth-order valence-corrected chi connectivity index (χ4v) is 0.451. The van der Waals surface area contributed by atoms with E-state index in [1.165, 1.54) is 12.8 Å². The van der Waals surface area contributed by atoms with Crippen LogP contribution in [0.2, 0.25) is 0 Å². The summed E-state index contributed by atoms with van der Waals surface area (Å²) in [5.41, 5.74) is 0. The summed E-state index contributed by atoms with van der Waals surface area (Å²) in [6.07, 6.45) is 3.29. The van der Waals surface area contributed by atoms with Crippen LogP contribution in [0.25, 0.3) is 0 Å². The number of unbranched alkanes of at least 4 members (excludes halogenated alkanes) is 1. The van der Waals surface area contributed by atoms with Crippen LogP contribution in [0.4, 0.5) is 0 Å². The van der Waals surface area contributed by atoms with Gasteiger partial charge in [0.2, 0.25) is 0 Å². The molecule has 0 unspecified atom stereocenters. The first-order chi connectivity index (χ1) is 3.91. The van der Waals surface area contributed by atoms with Crippen LogP contribution in [0, 0.1) is 6.92 Å². The first kappa shape index (κ1) is 22.7. The molecular formula is C9H23OY-. The normalized spacial score (nSPS) is 7.09. The average molecular weight is 236 g/mol. The van der Waals surface area contributed by atoms with Crippen LogP contribution in [-0.4, -0.2) is 13.2 Å². The topological polar surface area (TPSA) is 9.23 Å². The third kappa shape index (κ3) is 24.7. The third-order valence-corrected chi connectivity index (χ3v) is 0.931. The van der Waals surface area contributed by atoms with Gasteiger partial charge in [-0.05, 0) is 6.42 Å². The van der Waals surface area contributed by atoms with Gasteiger partial charge in [0.1, 0.15) is 0 Å². The first-order valence-electron chi connectivity index (χ1n) is 3.28. The summed E-state index contributed by atoms with van der Waals surface area (Å²) < 4.78 is 5.16. The van der Waals surface area contributed by atoms with E-state index in [1.54, 1.807) is 0 Å². The second-order valence-electron chi connectivity index (χ2n) is 1.82. The summed E-state index contributed by atoms with van der Waals surface area (Å²) in [5, 5.41) is 0. The Morgan fingerprint density at radius 2 is 1.73 bits per heavy atom. The molecule has 0 aromatic carbocycles. The van der Waals surface area contributed by atoms with Crippen LogP contribution in [0.3, 0.4) is 0 Å². The number of hydrogen-bond acceptors (Lipinski definition) is 1. The molecule has 0 aliphatic heterocycles. The van der Waals surface area contributed by atoms with Crippen LogP contribution in [0.1, 0.15) is 41.0 Å². The molecule has 0 spiro atoms. The van der Waals surface area contributed by atoms with Gasteiger partial charge in [-0.1, -0.05) is 28.2 Å². The summed E-state index contributed by atoms with van der Waals surface area (Å²) in [4.78, 5) is 0. The van der Waals surface area contributed by atoms with Gasteiger partial charge in [-0.3, -0.25) is 0 Å². The second kappa shape index (κ2) is 22.5. The van der Waals surface area contributed by atoms with E-state index in [1.807, 2.05) is 0 Å². The first-order valence-corrected chi connectivity index (χ1v) is 3.28. The van der Waals surface area contributed by atoms with Crippen LogP contribution in [0.15, 0.2) is 0 Å². The SMILES string of the molecule is C.C.[CH2-]CCOCCCC.[Y]. The van der Waals surface area contributed by atoms with Crippen molar-refractivity contribution in [1.82, 2.24) is 0 Å². The Morgan fingerprint density at radius 3 is 2.09 bits per heavy atom. The fourth-order valence-electron chi connectivity index (χ4n) is 0.451. The van der Waals surface area contributed by atoms with Gasteiger partial charge in [-0.2, -0.15) is 6.42 Å². The molecule has 69 valence electrons. The maximum atomic E-state index is 5.16. The summed E-state index contributed by atoms with van der Waals surface area (Å²) in [7, 11) is 0. The molecule has 1 radical (unpaired) electrons. The van der Waals surface area contributed by atoms with Gasteiger partial charge in [0.15, 0.2) is 0 Å². The van der Waals surface area contributed by atoms with Crippen LogP contribution < -0.4 is 0 Å². The molecule has 0 amide bonds. The Morgan fingerprint density at radius 1 is 1.18 bits per heavy atom. The van der Waals surface area contributed by atoms with Crippen molar-refractivity contribution in [2.45, 2.75) is 41.0 Å². The molecule has 0 saturated heterocycles. The molecule has 0 aromatic rings. The van der Waals surface area contributed by atoms with Gasteiger partial charge in [0, 0.05) is 45.9 Å². The van der Waals surface area contributed by atoms with E-state index in [-0.39, 0.29) is 47.6 Å². The molecule has 11 heavy (non-hydrogen) atoms. The molecule has 0 bridgehead atoms. The maximum Gasteiger partial charge on any atom is 0.0464 e. The zero-order chi connectivity index (χ0) is 6.24. The number of rotatable bonds is 5. The van der Waals surface area contributed by atoms with E-state index in [0.717, 1.165) is 19.6 Å². The minimum atomic E-state index is 0. The molecule has 0 N–H and O–H groups in total. The van der Waals surface area contributed by atoms with E-state index >= 15 is 0 Å². The predicted molar refractivity (Wildman–Crippen MR) is 49.2 cm³/mol. The Kier molecular flexibility index (Phi) is 46.4. The van der Waals surface area contributed by atoms with Crippen molar-refractivity contribution in [3.05, 3.63) is 6.92 Å². The number of ether oxygens (including phenoxy) is 1. The zero-order valence-corrected chi connectivity index (χ0v) is 9.07. The monoisotopic (exact) mass is 236 g/mol. The van der Waals surface area contributed by atoms with Gasteiger partial charge in [0.25, 0.3) is 0 Å². The quantitative estimate of drug-likeness (QED) is 0.525. The van der Waals surface area contributed by atoms with Gasteiger partial charge >= 0.3 is 0 Å². The molecule has 0 aromatic heterocycles. The van der Waals surface area contributed by atoms with Crippen molar-refractivity contribution in [3.8, 4) is 0 Å².